The smallest absolute Gasteiger partial charge is 0.247 e. The number of hydrogen-bond acceptors (Lipinski definition) is 4. The Morgan fingerprint density at radius 2 is 2.14 bits per heavy atom. The van der Waals surface area contributed by atoms with Gasteiger partial charge in [-0.25, -0.2) is 13.4 Å². The number of carbonyl (C=O) groups excluding carboxylic acids is 1. The van der Waals surface area contributed by atoms with E-state index < -0.39 is 26.8 Å². The third-order valence-corrected chi connectivity index (χ3v) is 5.65. The molecule has 1 aromatic heterocycles. The van der Waals surface area contributed by atoms with Gasteiger partial charge in [0.1, 0.15) is 10.0 Å². The fraction of sp³-hybridized carbons (Fsp3) is 0.538. The first-order chi connectivity index (χ1) is 10.2. The summed E-state index contributed by atoms with van der Waals surface area (Å²) < 4.78 is 40.0. The van der Waals surface area contributed by atoms with E-state index in [1.165, 1.54) is 11.0 Å². The van der Waals surface area contributed by atoms with E-state index in [0.29, 0.717) is 12.8 Å². The number of pyridine rings is 1. The molecule has 0 N–H and O–H groups in total. The Balaban J connectivity index is 2.27. The molecule has 0 spiro atoms. The van der Waals surface area contributed by atoms with Crippen LogP contribution in [0.2, 0.25) is 5.15 Å². The first kappa shape index (κ1) is 17.1. The minimum Gasteiger partial charge on any atom is -0.349 e. The molecule has 1 fully saturated rings. The maximum Gasteiger partial charge on any atom is 0.247 e. The van der Waals surface area contributed by atoms with Crippen molar-refractivity contribution in [1.29, 1.82) is 0 Å². The van der Waals surface area contributed by atoms with Crippen LogP contribution in [-0.4, -0.2) is 55.7 Å². The van der Waals surface area contributed by atoms with Crippen LogP contribution in [0.4, 0.5) is 4.39 Å². The summed E-state index contributed by atoms with van der Waals surface area (Å²) in [5.41, 5.74) is 0. The van der Waals surface area contributed by atoms with Crippen LogP contribution < -0.4 is 0 Å². The van der Waals surface area contributed by atoms with Gasteiger partial charge < -0.3 is 4.90 Å². The minimum atomic E-state index is -4.04. The van der Waals surface area contributed by atoms with Crippen molar-refractivity contribution >= 4 is 27.5 Å². The third-order valence-electron chi connectivity index (χ3n) is 3.57. The summed E-state index contributed by atoms with van der Waals surface area (Å²) in [6.07, 6.45) is 1.16. The number of nitrogens with zero attached hydrogens (tertiary/aromatic N) is 3. The van der Waals surface area contributed by atoms with Gasteiger partial charge in [0.15, 0.2) is 0 Å². The maximum absolute atomic E-state index is 13.8. The molecule has 0 saturated carbocycles. The molecule has 0 aromatic carbocycles. The lowest BCUT2D eigenvalue weighted by Crippen LogP contribution is -2.45. The molecule has 1 amide bonds. The molecule has 0 bridgehead atoms. The first-order valence-electron chi connectivity index (χ1n) is 6.77. The van der Waals surface area contributed by atoms with Crippen LogP contribution in [0, 0.1) is 11.9 Å². The molecule has 1 unspecified atom stereocenters. The topological polar surface area (TPSA) is 70.6 Å². The molecule has 2 rings (SSSR count). The second-order valence-electron chi connectivity index (χ2n) is 5.36. The maximum atomic E-state index is 13.8. The van der Waals surface area contributed by atoms with Crippen LogP contribution in [0.3, 0.4) is 0 Å². The van der Waals surface area contributed by atoms with E-state index in [-0.39, 0.29) is 24.1 Å². The highest BCUT2D eigenvalue weighted by molar-refractivity contribution is 7.89. The Labute approximate surface area is 133 Å². The number of amides is 1. The number of hydrogen-bond donors (Lipinski definition) is 0. The number of carbonyl (C=O) groups is 1. The molecule has 1 atom stereocenters. The fourth-order valence-corrected chi connectivity index (χ4v) is 4.12. The monoisotopic (exact) mass is 349 g/mol. The van der Waals surface area contributed by atoms with E-state index in [1.807, 2.05) is 0 Å². The van der Waals surface area contributed by atoms with Gasteiger partial charge in [-0.1, -0.05) is 11.6 Å². The fourth-order valence-electron chi connectivity index (χ4n) is 2.46. The highest BCUT2D eigenvalue weighted by atomic mass is 35.5. The molecule has 1 aliphatic rings. The predicted molar refractivity (Wildman–Crippen MR) is 79.4 cm³/mol. The summed E-state index contributed by atoms with van der Waals surface area (Å²) in [5.74, 6) is -1.68. The Morgan fingerprint density at radius 3 is 2.73 bits per heavy atom. The summed E-state index contributed by atoms with van der Waals surface area (Å²) in [4.78, 5) is 16.3. The zero-order valence-electron chi connectivity index (χ0n) is 12.3. The summed E-state index contributed by atoms with van der Waals surface area (Å²) in [6.45, 7) is 0.295. The molecule has 0 radical (unpaired) electrons. The number of rotatable bonds is 3. The SMILES string of the molecule is CN(C)C(=O)C1CCCN(S(=O)(=O)c2ccc(Cl)nc2F)C1. The zero-order valence-corrected chi connectivity index (χ0v) is 13.9. The van der Waals surface area contributed by atoms with Gasteiger partial charge in [0.2, 0.25) is 21.9 Å². The summed E-state index contributed by atoms with van der Waals surface area (Å²) in [6, 6.07) is 2.32. The van der Waals surface area contributed by atoms with Gasteiger partial charge in [0, 0.05) is 27.2 Å². The molecule has 1 aromatic rings. The van der Waals surface area contributed by atoms with Gasteiger partial charge in [0.05, 0.1) is 5.92 Å². The van der Waals surface area contributed by atoms with Gasteiger partial charge in [-0.15, -0.1) is 0 Å². The summed E-state index contributed by atoms with van der Waals surface area (Å²) in [5, 5.41) is -0.115. The molecule has 9 heteroatoms. The number of halogens is 2. The highest BCUT2D eigenvalue weighted by Gasteiger charge is 2.35. The van der Waals surface area contributed by atoms with Crippen LogP contribution in [0.1, 0.15) is 12.8 Å². The quantitative estimate of drug-likeness (QED) is 0.773. The van der Waals surface area contributed by atoms with E-state index in [2.05, 4.69) is 4.98 Å². The Kier molecular flexibility index (Phi) is 5.03. The van der Waals surface area contributed by atoms with E-state index >= 15 is 0 Å². The molecule has 0 aliphatic carbocycles. The molecule has 6 nitrogen and oxygen atoms in total. The summed E-state index contributed by atoms with van der Waals surface area (Å²) in [7, 11) is -0.788. The van der Waals surface area contributed by atoms with Crippen LogP contribution in [-0.2, 0) is 14.8 Å². The van der Waals surface area contributed by atoms with Crippen molar-refractivity contribution in [3.8, 4) is 0 Å². The highest BCUT2D eigenvalue weighted by Crippen LogP contribution is 2.26. The molecule has 1 saturated heterocycles. The minimum absolute atomic E-state index is 0.0431. The van der Waals surface area contributed by atoms with E-state index in [1.54, 1.807) is 14.1 Å². The molecular weight excluding hydrogens is 333 g/mol. The Morgan fingerprint density at radius 1 is 1.45 bits per heavy atom. The van der Waals surface area contributed by atoms with Crippen molar-refractivity contribution in [3.05, 3.63) is 23.2 Å². The lowest BCUT2D eigenvalue weighted by atomic mass is 9.98. The average Bonchev–Trinajstić information content (AvgIpc) is 2.46. The van der Waals surface area contributed by atoms with Crippen molar-refractivity contribution in [2.24, 2.45) is 5.92 Å². The lowest BCUT2D eigenvalue weighted by molar-refractivity contribution is -0.134. The first-order valence-corrected chi connectivity index (χ1v) is 8.58. The van der Waals surface area contributed by atoms with Gasteiger partial charge in [-0.3, -0.25) is 4.79 Å². The van der Waals surface area contributed by atoms with Crippen molar-refractivity contribution in [1.82, 2.24) is 14.2 Å². The average molecular weight is 350 g/mol. The lowest BCUT2D eigenvalue weighted by Gasteiger charge is -2.32. The Hall–Kier alpha value is -1.25. The van der Waals surface area contributed by atoms with E-state index in [9.17, 15) is 17.6 Å². The standard InChI is InChI=1S/C13H17ClFN3O3S/c1-17(2)13(19)9-4-3-7-18(8-9)22(20,21)10-5-6-11(14)16-12(10)15/h5-6,9H,3-4,7-8H2,1-2H3. The molecule has 2 heterocycles. The Bertz CT molecular complexity index is 681. The van der Waals surface area contributed by atoms with Crippen molar-refractivity contribution < 1.29 is 17.6 Å². The predicted octanol–water partition coefficient (Wildman–Crippen LogP) is 1.36. The second-order valence-corrected chi connectivity index (χ2v) is 7.65. The molecule has 122 valence electrons. The van der Waals surface area contributed by atoms with Crippen LogP contribution in [0.15, 0.2) is 17.0 Å². The molecular formula is C13H17ClFN3O3S. The van der Waals surface area contributed by atoms with Gasteiger partial charge >= 0.3 is 0 Å². The number of aromatic nitrogens is 1. The van der Waals surface area contributed by atoms with Gasteiger partial charge in [-0.05, 0) is 25.0 Å². The second kappa shape index (κ2) is 6.47. The van der Waals surface area contributed by atoms with Crippen molar-refractivity contribution in [3.63, 3.8) is 0 Å². The van der Waals surface area contributed by atoms with E-state index in [4.69, 9.17) is 11.6 Å². The summed E-state index contributed by atoms with van der Waals surface area (Å²) >= 11 is 5.54. The van der Waals surface area contributed by atoms with Crippen LogP contribution in [0.25, 0.3) is 0 Å². The van der Waals surface area contributed by atoms with Gasteiger partial charge in [0.25, 0.3) is 0 Å². The van der Waals surface area contributed by atoms with Gasteiger partial charge in [-0.2, -0.15) is 8.70 Å². The number of sulfonamides is 1. The van der Waals surface area contributed by atoms with Crippen molar-refractivity contribution in [2.75, 3.05) is 27.2 Å². The van der Waals surface area contributed by atoms with Crippen molar-refractivity contribution in [2.45, 2.75) is 17.7 Å². The van der Waals surface area contributed by atoms with Crippen LogP contribution >= 0.6 is 11.6 Å². The normalized spacial score (nSPS) is 19.9. The largest absolute Gasteiger partial charge is 0.349 e. The van der Waals surface area contributed by atoms with E-state index in [0.717, 1.165) is 10.4 Å². The van der Waals surface area contributed by atoms with Crippen LogP contribution in [0.5, 0.6) is 0 Å². The zero-order chi connectivity index (χ0) is 16.5. The molecule has 1 aliphatic heterocycles. The molecule has 22 heavy (non-hydrogen) atoms. The number of piperidine rings is 1. The third kappa shape index (κ3) is 3.39.